The minimum absolute atomic E-state index is 0.277. The maximum atomic E-state index is 13.6. The minimum atomic E-state index is -0.599. The Morgan fingerprint density at radius 2 is 2.27 bits per heavy atom. The Labute approximate surface area is 147 Å². The van der Waals surface area contributed by atoms with Gasteiger partial charge in [-0.15, -0.1) is 0 Å². The number of aromatic nitrogens is 3. The summed E-state index contributed by atoms with van der Waals surface area (Å²) in [5.41, 5.74) is 1.13. The molecule has 0 spiro atoms. The summed E-state index contributed by atoms with van der Waals surface area (Å²) >= 11 is 0. The molecular weight excluding hydrogens is 339 g/mol. The van der Waals surface area contributed by atoms with Crippen LogP contribution in [0.15, 0.2) is 41.6 Å². The molecule has 0 radical (unpaired) electrons. The molecule has 0 aliphatic heterocycles. The van der Waals surface area contributed by atoms with Gasteiger partial charge in [0.25, 0.3) is 5.56 Å². The van der Waals surface area contributed by atoms with Crippen LogP contribution in [0.2, 0.25) is 0 Å². The number of H-pyrrole nitrogens is 1. The zero-order valence-electron chi connectivity index (χ0n) is 14.1. The van der Waals surface area contributed by atoms with E-state index in [1.54, 1.807) is 29.8 Å². The summed E-state index contributed by atoms with van der Waals surface area (Å²) in [6.07, 6.45) is 5.66. The van der Waals surface area contributed by atoms with Gasteiger partial charge in [0, 0.05) is 23.6 Å². The van der Waals surface area contributed by atoms with Gasteiger partial charge in [-0.3, -0.25) is 4.79 Å². The Bertz CT molecular complexity index is 1050. The average Bonchev–Trinajstić information content (AvgIpc) is 3.27. The molecule has 0 atom stereocenters. The number of halogens is 1. The number of ether oxygens (including phenoxy) is 1. The molecule has 2 N–H and O–H groups in total. The number of hydrogen-bond acceptors (Lipinski definition) is 5. The molecule has 1 saturated carbocycles. The van der Waals surface area contributed by atoms with Crippen LogP contribution in [-0.2, 0) is 10.3 Å². The normalized spacial score (nSPS) is 15.0. The maximum Gasteiger partial charge on any atom is 0.341 e. The first-order valence-corrected chi connectivity index (χ1v) is 8.34. The number of esters is 1. The third-order valence-electron chi connectivity index (χ3n) is 4.53. The van der Waals surface area contributed by atoms with Crippen molar-refractivity contribution in [2.24, 2.45) is 0 Å². The predicted octanol–water partition coefficient (Wildman–Crippen LogP) is 2.44. The van der Waals surface area contributed by atoms with Gasteiger partial charge in [0.05, 0.1) is 23.9 Å². The van der Waals surface area contributed by atoms with Crippen molar-refractivity contribution >= 4 is 17.2 Å². The van der Waals surface area contributed by atoms with Crippen LogP contribution in [0, 0.1) is 5.82 Å². The first-order valence-electron chi connectivity index (χ1n) is 8.34. The van der Waals surface area contributed by atoms with E-state index < -0.39 is 17.3 Å². The first kappa shape index (κ1) is 16.3. The summed E-state index contributed by atoms with van der Waals surface area (Å²) < 4.78 is 20.2. The lowest BCUT2D eigenvalue weighted by Crippen LogP contribution is -2.27. The Morgan fingerprint density at radius 3 is 3.00 bits per heavy atom. The van der Waals surface area contributed by atoms with Gasteiger partial charge in [0.1, 0.15) is 11.4 Å². The summed E-state index contributed by atoms with van der Waals surface area (Å²) in [6, 6.07) is 4.83. The van der Waals surface area contributed by atoms with E-state index in [9.17, 15) is 14.0 Å². The van der Waals surface area contributed by atoms with Gasteiger partial charge < -0.3 is 15.0 Å². The molecular formula is C18H17FN4O3. The molecule has 3 aromatic heterocycles. The first-order chi connectivity index (χ1) is 12.5. The van der Waals surface area contributed by atoms with Crippen molar-refractivity contribution in [2.45, 2.75) is 25.3 Å². The van der Waals surface area contributed by atoms with Crippen molar-refractivity contribution in [3.05, 3.63) is 64.1 Å². The Morgan fingerprint density at radius 1 is 1.46 bits per heavy atom. The van der Waals surface area contributed by atoms with Crippen molar-refractivity contribution in [1.29, 1.82) is 0 Å². The van der Waals surface area contributed by atoms with E-state index in [-0.39, 0.29) is 12.2 Å². The molecule has 1 aliphatic rings. The number of pyridine rings is 2. The zero-order chi connectivity index (χ0) is 18.3. The lowest BCUT2D eigenvalue weighted by molar-refractivity contribution is 0.0528. The molecule has 1 aliphatic carbocycles. The highest BCUT2D eigenvalue weighted by molar-refractivity contribution is 5.97. The lowest BCUT2D eigenvalue weighted by Gasteiger charge is -2.18. The van der Waals surface area contributed by atoms with Gasteiger partial charge in [0.15, 0.2) is 0 Å². The second-order valence-corrected chi connectivity index (χ2v) is 6.29. The van der Waals surface area contributed by atoms with E-state index in [1.165, 1.54) is 12.3 Å². The number of anilines is 1. The third-order valence-corrected chi connectivity index (χ3v) is 4.53. The highest BCUT2D eigenvalue weighted by atomic mass is 19.1. The van der Waals surface area contributed by atoms with E-state index in [0.717, 1.165) is 6.20 Å². The van der Waals surface area contributed by atoms with Gasteiger partial charge >= 0.3 is 5.97 Å². The molecule has 1 fully saturated rings. The fourth-order valence-electron chi connectivity index (χ4n) is 3.10. The molecule has 0 aromatic carbocycles. The van der Waals surface area contributed by atoms with Gasteiger partial charge in [-0.2, -0.15) is 5.10 Å². The zero-order valence-corrected chi connectivity index (χ0v) is 14.1. The van der Waals surface area contributed by atoms with E-state index in [2.05, 4.69) is 15.4 Å². The topological polar surface area (TPSA) is 88.5 Å². The molecule has 0 unspecified atom stereocenters. The number of fused-ring (bicyclic) bond motifs is 1. The molecule has 0 saturated heterocycles. The van der Waals surface area contributed by atoms with E-state index in [0.29, 0.717) is 35.2 Å². The number of carbonyl (C=O) groups is 1. The number of nitrogens with one attached hydrogen (secondary N) is 2. The molecule has 0 amide bonds. The van der Waals surface area contributed by atoms with Gasteiger partial charge in [-0.1, -0.05) is 0 Å². The summed E-state index contributed by atoms with van der Waals surface area (Å²) in [4.78, 5) is 26.6. The van der Waals surface area contributed by atoms with Crippen LogP contribution in [0.5, 0.6) is 0 Å². The Hall–Kier alpha value is -3.16. The van der Waals surface area contributed by atoms with Gasteiger partial charge in [-0.25, -0.2) is 13.7 Å². The van der Waals surface area contributed by atoms with Gasteiger partial charge in [0.2, 0.25) is 0 Å². The monoisotopic (exact) mass is 356 g/mol. The maximum absolute atomic E-state index is 13.6. The van der Waals surface area contributed by atoms with Crippen LogP contribution in [0.25, 0.3) is 5.52 Å². The van der Waals surface area contributed by atoms with Crippen LogP contribution in [0.4, 0.5) is 10.1 Å². The molecule has 26 heavy (non-hydrogen) atoms. The lowest BCUT2D eigenvalue weighted by atomic mass is 10.1. The smallest absolute Gasteiger partial charge is 0.341 e. The second-order valence-electron chi connectivity index (χ2n) is 6.29. The second kappa shape index (κ2) is 5.98. The molecule has 4 rings (SSSR count). The standard InChI is InChI=1S/C18H17FN4O3/c1-2-26-17(25)13-10-21-23-6-3-12(8-15(13)23)22-18(4-5-18)14-7-11(19)9-20-16(14)24/h3,6-10,22H,2,4-5H2,1H3,(H,20,24). The summed E-state index contributed by atoms with van der Waals surface area (Å²) in [5.74, 6) is -0.925. The van der Waals surface area contributed by atoms with Crippen molar-refractivity contribution in [1.82, 2.24) is 14.6 Å². The van der Waals surface area contributed by atoms with Crippen molar-refractivity contribution in [3.63, 3.8) is 0 Å². The van der Waals surface area contributed by atoms with Crippen LogP contribution in [0.3, 0.4) is 0 Å². The molecule has 7 nitrogen and oxygen atoms in total. The van der Waals surface area contributed by atoms with E-state index in [4.69, 9.17) is 4.74 Å². The van der Waals surface area contributed by atoms with Crippen LogP contribution in [0.1, 0.15) is 35.7 Å². The molecule has 134 valence electrons. The van der Waals surface area contributed by atoms with Crippen molar-refractivity contribution < 1.29 is 13.9 Å². The highest BCUT2D eigenvalue weighted by Crippen LogP contribution is 2.47. The van der Waals surface area contributed by atoms with Crippen molar-refractivity contribution in [2.75, 3.05) is 11.9 Å². The van der Waals surface area contributed by atoms with E-state index in [1.807, 2.05) is 0 Å². The summed E-state index contributed by atoms with van der Waals surface area (Å²) in [5, 5.41) is 7.46. The molecule has 3 aromatic rings. The third kappa shape index (κ3) is 2.73. The van der Waals surface area contributed by atoms with Crippen LogP contribution < -0.4 is 10.9 Å². The quantitative estimate of drug-likeness (QED) is 0.686. The minimum Gasteiger partial charge on any atom is -0.462 e. The number of hydrogen-bond donors (Lipinski definition) is 2. The molecule has 0 bridgehead atoms. The van der Waals surface area contributed by atoms with E-state index >= 15 is 0 Å². The predicted molar refractivity (Wildman–Crippen MR) is 92.7 cm³/mol. The molecule has 8 heteroatoms. The van der Waals surface area contributed by atoms with Crippen LogP contribution >= 0.6 is 0 Å². The Balaban J connectivity index is 1.69. The fourth-order valence-corrected chi connectivity index (χ4v) is 3.10. The van der Waals surface area contributed by atoms with Gasteiger partial charge in [-0.05, 0) is 38.0 Å². The number of rotatable bonds is 5. The number of nitrogens with zero attached hydrogens (tertiary/aromatic N) is 2. The average molecular weight is 356 g/mol. The summed E-state index contributed by atoms with van der Waals surface area (Å²) in [7, 11) is 0. The fraction of sp³-hybridized carbons (Fsp3) is 0.278. The van der Waals surface area contributed by atoms with Crippen LogP contribution in [-0.4, -0.2) is 27.2 Å². The number of carbonyl (C=O) groups excluding carboxylic acids is 1. The largest absolute Gasteiger partial charge is 0.462 e. The SMILES string of the molecule is CCOC(=O)c1cnn2ccc(NC3(c4cc(F)c[nH]c4=O)CC3)cc12. The molecule has 3 heterocycles. The Kier molecular flexibility index (Phi) is 3.75. The van der Waals surface area contributed by atoms with Crippen molar-refractivity contribution in [3.8, 4) is 0 Å². The highest BCUT2D eigenvalue weighted by Gasteiger charge is 2.46. The summed E-state index contributed by atoms with van der Waals surface area (Å²) in [6.45, 7) is 2.02. The number of aromatic amines is 1.